The number of hydrogen-bond acceptors (Lipinski definition) is 5. The molecule has 2 N–H and O–H groups in total. The molecular weight excluding hydrogens is 308 g/mol. The Morgan fingerprint density at radius 1 is 1.12 bits per heavy atom. The van der Waals surface area contributed by atoms with Gasteiger partial charge >= 0.3 is 0 Å². The molecule has 1 fully saturated rings. The van der Waals surface area contributed by atoms with Crippen molar-refractivity contribution < 1.29 is 19.0 Å². The minimum atomic E-state index is 0.0744. The largest absolute Gasteiger partial charge is 0.493 e. The molecule has 0 unspecified atom stereocenters. The van der Waals surface area contributed by atoms with Gasteiger partial charge in [-0.2, -0.15) is 0 Å². The second-order valence-electron chi connectivity index (χ2n) is 6.00. The van der Waals surface area contributed by atoms with E-state index in [0.29, 0.717) is 36.1 Å². The fourth-order valence-electron chi connectivity index (χ4n) is 3.09. The van der Waals surface area contributed by atoms with Gasteiger partial charge in [0.1, 0.15) is 0 Å². The van der Waals surface area contributed by atoms with E-state index in [4.69, 9.17) is 14.2 Å². The van der Waals surface area contributed by atoms with Gasteiger partial charge in [0, 0.05) is 18.5 Å². The van der Waals surface area contributed by atoms with Gasteiger partial charge in [-0.1, -0.05) is 0 Å². The van der Waals surface area contributed by atoms with E-state index in [1.807, 2.05) is 12.1 Å². The molecular formula is C18H28N2O4. The number of rotatable bonds is 8. The third-order valence-corrected chi connectivity index (χ3v) is 4.50. The van der Waals surface area contributed by atoms with Crippen LogP contribution in [0.3, 0.4) is 0 Å². The first-order valence-electron chi connectivity index (χ1n) is 8.44. The van der Waals surface area contributed by atoms with E-state index in [1.54, 1.807) is 21.3 Å². The van der Waals surface area contributed by atoms with Crippen molar-refractivity contribution >= 4 is 5.91 Å². The van der Waals surface area contributed by atoms with Gasteiger partial charge in [0.2, 0.25) is 11.7 Å². The molecule has 1 amide bonds. The van der Waals surface area contributed by atoms with Gasteiger partial charge in [-0.3, -0.25) is 4.79 Å². The van der Waals surface area contributed by atoms with Crippen LogP contribution in [0.1, 0.15) is 31.2 Å². The number of carbonyl (C=O) groups excluding carboxylic acids is 1. The summed E-state index contributed by atoms with van der Waals surface area (Å²) in [5.41, 5.74) is 0.866. The van der Waals surface area contributed by atoms with Crippen molar-refractivity contribution in [2.75, 3.05) is 34.4 Å². The Labute approximate surface area is 143 Å². The van der Waals surface area contributed by atoms with Gasteiger partial charge < -0.3 is 24.8 Å². The van der Waals surface area contributed by atoms with Gasteiger partial charge in [0.05, 0.1) is 21.3 Å². The topological polar surface area (TPSA) is 68.8 Å². The molecule has 6 heteroatoms. The van der Waals surface area contributed by atoms with Crippen molar-refractivity contribution in [2.45, 2.75) is 32.2 Å². The third-order valence-electron chi connectivity index (χ3n) is 4.50. The number of carbonyl (C=O) groups is 1. The van der Waals surface area contributed by atoms with Gasteiger partial charge in [-0.25, -0.2) is 0 Å². The molecule has 0 aromatic heterocycles. The van der Waals surface area contributed by atoms with Crippen LogP contribution in [0, 0.1) is 5.92 Å². The molecule has 1 aliphatic heterocycles. The standard InChI is InChI=1S/C18H28N2O4/c1-22-15-6-5-14(17(23-2)18(15)24-3)12-20-16(21)7-4-13-8-10-19-11-9-13/h5-6,13,19H,4,7-12H2,1-3H3,(H,20,21). The van der Waals surface area contributed by atoms with Crippen LogP contribution < -0.4 is 24.8 Å². The number of hydrogen-bond donors (Lipinski definition) is 2. The fourth-order valence-corrected chi connectivity index (χ4v) is 3.09. The Morgan fingerprint density at radius 2 is 1.83 bits per heavy atom. The van der Waals surface area contributed by atoms with E-state index in [-0.39, 0.29) is 5.91 Å². The highest BCUT2D eigenvalue weighted by Crippen LogP contribution is 2.39. The number of methoxy groups -OCH3 is 3. The first kappa shape index (κ1) is 18.4. The minimum Gasteiger partial charge on any atom is -0.493 e. The summed E-state index contributed by atoms with van der Waals surface area (Å²) in [7, 11) is 4.74. The first-order chi connectivity index (χ1) is 11.7. The maximum Gasteiger partial charge on any atom is 0.220 e. The van der Waals surface area contributed by atoms with E-state index < -0.39 is 0 Å². The Kier molecular flexibility index (Phi) is 7.18. The maximum absolute atomic E-state index is 12.1. The van der Waals surface area contributed by atoms with Crippen molar-refractivity contribution in [2.24, 2.45) is 5.92 Å². The fraction of sp³-hybridized carbons (Fsp3) is 0.611. The third kappa shape index (κ3) is 4.77. The summed E-state index contributed by atoms with van der Waals surface area (Å²) in [5, 5.41) is 6.32. The molecule has 2 rings (SSSR count). The lowest BCUT2D eigenvalue weighted by atomic mass is 9.93. The predicted molar refractivity (Wildman–Crippen MR) is 92.8 cm³/mol. The number of ether oxygens (including phenoxy) is 3. The second-order valence-corrected chi connectivity index (χ2v) is 6.00. The molecule has 24 heavy (non-hydrogen) atoms. The summed E-state index contributed by atoms with van der Waals surface area (Å²) in [6, 6.07) is 3.70. The molecule has 0 radical (unpaired) electrons. The average Bonchev–Trinajstić information content (AvgIpc) is 2.64. The van der Waals surface area contributed by atoms with E-state index in [1.165, 1.54) is 0 Å². The number of piperidine rings is 1. The first-order valence-corrected chi connectivity index (χ1v) is 8.44. The monoisotopic (exact) mass is 336 g/mol. The Balaban J connectivity index is 1.89. The van der Waals surface area contributed by atoms with Gasteiger partial charge in [-0.15, -0.1) is 0 Å². The van der Waals surface area contributed by atoms with Crippen LogP contribution in [0.15, 0.2) is 12.1 Å². The van der Waals surface area contributed by atoms with Crippen molar-refractivity contribution in [3.05, 3.63) is 17.7 Å². The molecule has 1 aromatic rings. The van der Waals surface area contributed by atoms with Crippen LogP contribution in [0.2, 0.25) is 0 Å². The Morgan fingerprint density at radius 3 is 2.46 bits per heavy atom. The van der Waals surface area contributed by atoms with Crippen LogP contribution >= 0.6 is 0 Å². The molecule has 1 heterocycles. The zero-order valence-electron chi connectivity index (χ0n) is 14.8. The van der Waals surface area contributed by atoms with Crippen LogP contribution in [0.4, 0.5) is 0 Å². The summed E-state index contributed by atoms with van der Waals surface area (Å²) in [4.78, 5) is 12.1. The highest BCUT2D eigenvalue weighted by atomic mass is 16.5. The van der Waals surface area contributed by atoms with Crippen LogP contribution in [0.5, 0.6) is 17.2 Å². The SMILES string of the molecule is COc1ccc(CNC(=O)CCC2CCNCC2)c(OC)c1OC. The molecule has 1 aliphatic rings. The molecule has 0 spiro atoms. The Bertz CT molecular complexity index is 542. The molecule has 134 valence electrons. The molecule has 1 aromatic carbocycles. The molecule has 0 aliphatic carbocycles. The van der Waals surface area contributed by atoms with Gasteiger partial charge in [0.25, 0.3) is 0 Å². The lowest BCUT2D eigenvalue weighted by molar-refractivity contribution is -0.121. The van der Waals surface area contributed by atoms with E-state index in [9.17, 15) is 4.79 Å². The lowest BCUT2D eigenvalue weighted by Gasteiger charge is -2.22. The zero-order valence-corrected chi connectivity index (χ0v) is 14.8. The highest BCUT2D eigenvalue weighted by Gasteiger charge is 2.17. The van der Waals surface area contributed by atoms with Crippen molar-refractivity contribution in [1.82, 2.24) is 10.6 Å². The summed E-state index contributed by atoms with van der Waals surface area (Å²) in [5.74, 6) is 2.48. The number of benzene rings is 1. The van der Waals surface area contributed by atoms with Gasteiger partial charge in [0.15, 0.2) is 11.5 Å². The Hall–Kier alpha value is -1.95. The number of amides is 1. The normalized spacial score (nSPS) is 15.0. The summed E-state index contributed by atoms with van der Waals surface area (Å²) in [6.07, 6.45) is 3.85. The molecule has 0 bridgehead atoms. The summed E-state index contributed by atoms with van der Waals surface area (Å²) in [6.45, 7) is 2.54. The molecule has 0 saturated carbocycles. The van der Waals surface area contributed by atoms with Crippen molar-refractivity contribution in [3.63, 3.8) is 0 Å². The zero-order chi connectivity index (χ0) is 17.4. The number of nitrogens with one attached hydrogen (secondary N) is 2. The minimum absolute atomic E-state index is 0.0744. The van der Waals surface area contributed by atoms with Gasteiger partial charge in [-0.05, 0) is 50.4 Å². The average molecular weight is 336 g/mol. The maximum atomic E-state index is 12.1. The highest BCUT2D eigenvalue weighted by molar-refractivity contribution is 5.76. The lowest BCUT2D eigenvalue weighted by Crippen LogP contribution is -2.29. The quantitative estimate of drug-likeness (QED) is 0.761. The summed E-state index contributed by atoms with van der Waals surface area (Å²) < 4.78 is 16.1. The van der Waals surface area contributed by atoms with Crippen LogP contribution in [-0.4, -0.2) is 40.3 Å². The summed E-state index contributed by atoms with van der Waals surface area (Å²) >= 11 is 0. The van der Waals surface area contributed by atoms with E-state index in [0.717, 1.165) is 37.9 Å². The van der Waals surface area contributed by atoms with Crippen molar-refractivity contribution in [1.29, 1.82) is 0 Å². The van der Waals surface area contributed by atoms with Crippen molar-refractivity contribution in [3.8, 4) is 17.2 Å². The second kappa shape index (κ2) is 9.37. The van der Waals surface area contributed by atoms with Crippen LogP contribution in [-0.2, 0) is 11.3 Å². The predicted octanol–water partition coefficient (Wildman–Crippen LogP) is 2.11. The molecule has 1 saturated heterocycles. The molecule has 0 atom stereocenters. The molecule has 6 nitrogen and oxygen atoms in total. The van der Waals surface area contributed by atoms with E-state index >= 15 is 0 Å². The van der Waals surface area contributed by atoms with Crippen LogP contribution in [0.25, 0.3) is 0 Å². The van der Waals surface area contributed by atoms with E-state index in [2.05, 4.69) is 10.6 Å². The smallest absolute Gasteiger partial charge is 0.220 e.